The van der Waals surface area contributed by atoms with Crippen LogP contribution in [0.5, 0.6) is 0 Å². The summed E-state index contributed by atoms with van der Waals surface area (Å²) in [5.74, 6) is -0.831. The molecule has 0 radical (unpaired) electrons. The van der Waals surface area contributed by atoms with Gasteiger partial charge < -0.3 is 15.9 Å². The van der Waals surface area contributed by atoms with Crippen molar-refractivity contribution in [2.24, 2.45) is 5.73 Å². The third-order valence-corrected chi connectivity index (χ3v) is 3.16. The fourth-order valence-corrected chi connectivity index (χ4v) is 1.83. The molecular formula is C13H27NO3. The van der Waals surface area contributed by atoms with Gasteiger partial charge in [0.05, 0.1) is 6.61 Å². The van der Waals surface area contributed by atoms with Crippen molar-refractivity contribution >= 4 is 5.91 Å². The van der Waals surface area contributed by atoms with E-state index in [-0.39, 0.29) is 6.42 Å². The molecule has 0 aromatic carbocycles. The SMILES string of the molecule is CCCCCCCCCCC(O)(CO)C(N)=O. The average Bonchev–Trinajstić information content (AvgIpc) is 2.32. The number of rotatable bonds is 11. The first kappa shape index (κ1) is 16.4. The molecule has 0 heterocycles. The second-order valence-electron chi connectivity index (χ2n) is 4.78. The molecule has 17 heavy (non-hydrogen) atoms. The molecule has 0 spiro atoms. The molecule has 0 aromatic heterocycles. The fourth-order valence-electron chi connectivity index (χ4n) is 1.83. The Labute approximate surface area is 104 Å². The minimum atomic E-state index is -1.72. The molecular weight excluding hydrogens is 218 g/mol. The van der Waals surface area contributed by atoms with Gasteiger partial charge in [0, 0.05) is 0 Å². The van der Waals surface area contributed by atoms with E-state index in [1.807, 2.05) is 0 Å². The Morgan fingerprint density at radius 1 is 1.06 bits per heavy atom. The maximum Gasteiger partial charge on any atom is 0.251 e. The molecule has 0 aliphatic heterocycles. The smallest absolute Gasteiger partial charge is 0.251 e. The summed E-state index contributed by atoms with van der Waals surface area (Å²) >= 11 is 0. The van der Waals surface area contributed by atoms with Gasteiger partial charge in [-0.2, -0.15) is 0 Å². The maximum atomic E-state index is 10.9. The van der Waals surface area contributed by atoms with Crippen molar-refractivity contribution in [2.45, 2.75) is 70.3 Å². The number of nitrogens with two attached hydrogens (primary N) is 1. The summed E-state index contributed by atoms with van der Waals surface area (Å²) in [6.45, 7) is 1.61. The molecule has 1 atom stereocenters. The van der Waals surface area contributed by atoms with Gasteiger partial charge in [-0.25, -0.2) is 0 Å². The summed E-state index contributed by atoms with van der Waals surface area (Å²) in [4.78, 5) is 10.9. The van der Waals surface area contributed by atoms with E-state index in [4.69, 9.17) is 10.8 Å². The van der Waals surface area contributed by atoms with E-state index < -0.39 is 18.1 Å². The highest BCUT2D eigenvalue weighted by Gasteiger charge is 2.32. The van der Waals surface area contributed by atoms with E-state index in [1.54, 1.807) is 0 Å². The molecule has 4 N–H and O–H groups in total. The van der Waals surface area contributed by atoms with Crippen LogP contribution in [-0.2, 0) is 4.79 Å². The molecule has 0 bridgehead atoms. The van der Waals surface area contributed by atoms with Gasteiger partial charge in [0.1, 0.15) is 0 Å². The summed E-state index contributed by atoms with van der Waals surface area (Å²) in [5.41, 5.74) is 3.31. The van der Waals surface area contributed by atoms with Gasteiger partial charge in [0.25, 0.3) is 5.91 Å². The monoisotopic (exact) mass is 245 g/mol. The Hall–Kier alpha value is -0.610. The van der Waals surface area contributed by atoms with E-state index in [1.165, 1.54) is 32.1 Å². The first-order chi connectivity index (χ1) is 8.06. The van der Waals surface area contributed by atoms with E-state index in [2.05, 4.69) is 6.92 Å². The van der Waals surface area contributed by atoms with Crippen molar-refractivity contribution in [1.29, 1.82) is 0 Å². The van der Waals surface area contributed by atoms with Crippen molar-refractivity contribution in [3.05, 3.63) is 0 Å². The lowest BCUT2D eigenvalue weighted by Crippen LogP contribution is -2.46. The predicted octanol–water partition coefficient (Wildman–Crippen LogP) is 1.73. The number of unbranched alkanes of at least 4 members (excludes halogenated alkanes) is 7. The Morgan fingerprint density at radius 2 is 1.53 bits per heavy atom. The van der Waals surface area contributed by atoms with Crippen molar-refractivity contribution in [3.8, 4) is 0 Å². The third kappa shape index (κ3) is 7.34. The van der Waals surface area contributed by atoms with Crippen LogP contribution in [-0.4, -0.2) is 28.3 Å². The summed E-state index contributed by atoms with van der Waals surface area (Å²) in [6, 6.07) is 0. The standard InChI is InChI=1S/C13H27NO3/c1-2-3-4-5-6-7-8-9-10-13(17,11-15)12(14)16/h15,17H,2-11H2,1H3,(H2,14,16). The number of amides is 1. The first-order valence-corrected chi connectivity index (χ1v) is 6.70. The molecule has 1 unspecified atom stereocenters. The molecule has 102 valence electrons. The van der Waals surface area contributed by atoms with E-state index in [0.717, 1.165) is 19.3 Å². The highest BCUT2D eigenvalue weighted by Crippen LogP contribution is 2.16. The van der Waals surface area contributed by atoms with Gasteiger partial charge >= 0.3 is 0 Å². The van der Waals surface area contributed by atoms with Crippen molar-refractivity contribution < 1.29 is 15.0 Å². The number of aliphatic hydroxyl groups is 2. The van der Waals surface area contributed by atoms with E-state index in [0.29, 0.717) is 0 Å². The van der Waals surface area contributed by atoms with Gasteiger partial charge in [0.15, 0.2) is 5.60 Å². The summed E-state index contributed by atoms with van der Waals surface area (Å²) in [7, 11) is 0. The lowest BCUT2D eigenvalue weighted by Gasteiger charge is -2.21. The first-order valence-electron chi connectivity index (χ1n) is 6.70. The number of hydrogen-bond acceptors (Lipinski definition) is 3. The topological polar surface area (TPSA) is 83.6 Å². The largest absolute Gasteiger partial charge is 0.393 e. The Balaban J connectivity index is 3.47. The molecule has 4 nitrogen and oxygen atoms in total. The molecule has 0 aromatic rings. The van der Waals surface area contributed by atoms with Crippen molar-refractivity contribution in [1.82, 2.24) is 0 Å². The quantitative estimate of drug-likeness (QED) is 0.485. The van der Waals surface area contributed by atoms with Crippen LogP contribution in [0.25, 0.3) is 0 Å². The lowest BCUT2D eigenvalue weighted by molar-refractivity contribution is -0.141. The predicted molar refractivity (Wildman–Crippen MR) is 68.5 cm³/mol. The van der Waals surface area contributed by atoms with Crippen LogP contribution in [0.3, 0.4) is 0 Å². The van der Waals surface area contributed by atoms with Crippen LogP contribution >= 0.6 is 0 Å². The maximum absolute atomic E-state index is 10.9. The van der Waals surface area contributed by atoms with Crippen molar-refractivity contribution in [3.63, 3.8) is 0 Å². The van der Waals surface area contributed by atoms with Gasteiger partial charge in [-0.15, -0.1) is 0 Å². The number of carbonyl (C=O) groups excluding carboxylic acids is 1. The number of hydrogen-bond donors (Lipinski definition) is 3. The van der Waals surface area contributed by atoms with Crippen LogP contribution in [0.1, 0.15) is 64.7 Å². The minimum absolute atomic E-state index is 0.258. The molecule has 1 amide bonds. The molecule has 4 heteroatoms. The lowest BCUT2D eigenvalue weighted by atomic mass is 9.95. The molecule has 0 saturated carbocycles. The summed E-state index contributed by atoms with van der Waals surface area (Å²) < 4.78 is 0. The fraction of sp³-hybridized carbons (Fsp3) is 0.923. The molecule has 0 aliphatic rings. The van der Waals surface area contributed by atoms with Gasteiger partial charge in [-0.1, -0.05) is 51.9 Å². The number of primary amides is 1. The van der Waals surface area contributed by atoms with Crippen LogP contribution in [0.15, 0.2) is 0 Å². The number of carbonyl (C=O) groups is 1. The molecule has 0 fully saturated rings. The summed E-state index contributed by atoms with van der Waals surface area (Å²) in [6.07, 6.45) is 9.38. The molecule has 0 aliphatic carbocycles. The average molecular weight is 245 g/mol. The van der Waals surface area contributed by atoms with E-state index >= 15 is 0 Å². The zero-order valence-corrected chi connectivity index (χ0v) is 11.0. The normalized spacial score (nSPS) is 14.5. The minimum Gasteiger partial charge on any atom is -0.393 e. The van der Waals surface area contributed by atoms with Gasteiger partial charge in [0.2, 0.25) is 0 Å². The third-order valence-electron chi connectivity index (χ3n) is 3.16. The highest BCUT2D eigenvalue weighted by atomic mass is 16.3. The van der Waals surface area contributed by atoms with E-state index in [9.17, 15) is 9.90 Å². The second kappa shape index (κ2) is 9.42. The van der Waals surface area contributed by atoms with Crippen LogP contribution in [0, 0.1) is 0 Å². The zero-order chi connectivity index (χ0) is 13.1. The second-order valence-corrected chi connectivity index (χ2v) is 4.78. The molecule has 0 saturated heterocycles. The van der Waals surface area contributed by atoms with Gasteiger partial charge in [-0.3, -0.25) is 4.79 Å². The zero-order valence-electron chi connectivity index (χ0n) is 11.0. The highest BCUT2D eigenvalue weighted by molar-refractivity contribution is 5.83. The Kier molecular flexibility index (Phi) is 9.09. The van der Waals surface area contributed by atoms with Crippen molar-refractivity contribution in [2.75, 3.05) is 6.61 Å². The Bertz CT molecular complexity index is 209. The summed E-state index contributed by atoms with van der Waals surface area (Å²) in [5, 5.41) is 18.6. The molecule has 0 rings (SSSR count). The van der Waals surface area contributed by atoms with Crippen LogP contribution in [0.2, 0.25) is 0 Å². The number of aliphatic hydroxyl groups excluding tert-OH is 1. The Morgan fingerprint density at radius 3 is 1.94 bits per heavy atom. The van der Waals surface area contributed by atoms with Crippen LogP contribution < -0.4 is 5.73 Å². The van der Waals surface area contributed by atoms with Gasteiger partial charge in [-0.05, 0) is 12.8 Å². The van der Waals surface area contributed by atoms with Crippen LogP contribution in [0.4, 0.5) is 0 Å².